The van der Waals surface area contributed by atoms with Gasteiger partial charge in [-0.1, -0.05) is 23.9 Å². The number of benzene rings is 1. The van der Waals surface area contributed by atoms with Gasteiger partial charge >= 0.3 is 0 Å². The van der Waals surface area contributed by atoms with E-state index in [1.54, 1.807) is 0 Å². The Morgan fingerprint density at radius 1 is 1.35 bits per heavy atom. The second-order valence-electron chi connectivity index (χ2n) is 5.18. The Labute approximate surface area is 137 Å². The zero-order valence-corrected chi connectivity index (χ0v) is 13.4. The summed E-state index contributed by atoms with van der Waals surface area (Å²) in [4.78, 5) is 40.6. The first-order chi connectivity index (χ1) is 11.1. The molecule has 1 N–H and O–H groups in total. The molecular formula is C15H16N4O3S. The summed E-state index contributed by atoms with van der Waals surface area (Å²) in [6.45, 7) is 2.47. The standard InChI is InChI=1S/C15H16N4O3S/c1-10-17-11-4-2-3-5-12(11)19(10)8-13(20)16-6-7-18-14(21)9-23-15(18)22/h2-5H,6-9H2,1H3,(H,16,20). The molecule has 1 aliphatic rings. The number of amides is 3. The Bertz CT molecular complexity index is 770. The quantitative estimate of drug-likeness (QED) is 0.888. The molecule has 0 aliphatic carbocycles. The number of carbonyl (C=O) groups is 3. The fraction of sp³-hybridized carbons (Fsp3) is 0.333. The third-order valence-corrected chi connectivity index (χ3v) is 4.50. The number of hydrogen-bond donors (Lipinski definition) is 1. The van der Waals surface area contributed by atoms with Gasteiger partial charge < -0.3 is 9.88 Å². The van der Waals surface area contributed by atoms with Crippen LogP contribution in [0, 0.1) is 6.92 Å². The maximum Gasteiger partial charge on any atom is 0.288 e. The lowest BCUT2D eigenvalue weighted by molar-refractivity contribution is -0.125. The minimum absolute atomic E-state index is 0.156. The highest BCUT2D eigenvalue weighted by molar-refractivity contribution is 8.14. The van der Waals surface area contributed by atoms with Crippen molar-refractivity contribution in [3.05, 3.63) is 30.1 Å². The molecule has 23 heavy (non-hydrogen) atoms. The van der Waals surface area contributed by atoms with E-state index in [1.165, 1.54) is 4.90 Å². The number of fused-ring (bicyclic) bond motifs is 1. The molecule has 120 valence electrons. The van der Waals surface area contributed by atoms with Crippen LogP contribution in [-0.2, 0) is 16.1 Å². The molecule has 8 heteroatoms. The van der Waals surface area contributed by atoms with Crippen LogP contribution in [0.3, 0.4) is 0 Å². The van der Waals surface area contributed by atoms with Gasteiger partial charge in [-0.2, -0.15) is 0 Å². The summed E-state index contributed by atoms with van der Waals surface area (Å²) in [5.41, 5.74) is 1.75. The monoisotopic (exact) mass is 332 g/mol. The van der Waals surface area contributed by atoms with E-state index in [0.29, 0.717) is 0 Å². The highest BCUT2D eigenvalue weighted by Gasteiger charge is 2.29. The first kappa shape index (κ1) is 15.5. The van der Waals surface area contributed by atoms with Crippen molar-refractivity contribution >= 4 is 39.8 Å². The van der Waals surface area contributed by atoms with Gasteiger partial charge in [-0.15, -0.1) is 0 Å². The van der Waals surface area contributed by atoms with Crippen molar-refractivity contribution in [1.82, 2.24) is 19.8 Å². The molecule has 3 rings (SSSR count). The normalized spacial score (nSPS) is 14.7. The number of aromatic nitrogens is 2. The first-order valence-electron chi connectivity index (χ1n) is 7.22. The van der Waals surface area contributed by atoms with Crippen molar-refractivity contribution in [2.75, 3.05) is 18.8 Å². The zero-order chi connectivity index (χ0) is 16.4. The molecule has 0 bridgehead atoms. The molecule has 3 amide bonds. The largest absolute Gasteiger partial charge is 0.353 e. The van der Waals surface area contributed by atoms with E-state index >= 15 is 0 Å². The average molecular weight is 332 g/mol. The second-order valence-corrected chi connectivity index (χ2v) is 6.11. The molecule has 1 aliphatic heterocycles. The van der Waals surface area contributed by atoms with Crippen LogP contribution in [0.15, 0.2) is 24.3 Å². The van der Waals surface area contributed by atoms with Crippen molar-refractivity contribution < 1.29 is 14.4 Å². The third-order valence-electron chi connectivity index (χ3n) is 3.65. The van der Waals surface area contributed by atoms with Gasteiger partial charge in [0.25, 0.3) is 5.24 Å². The Morgan fingerprint density at radius 2 is 2.13 bits per heavy atom. The van der Waals surface area contributed by atoms with Crippen LogP contribution < -0.4 is 5.32 Å². The maximum atomic E-state index is 12.1. The van der Waals surface area contributed by atoms with E-state index in [-0.39, 0.29) is 42.4 Å². The maximum absolute atomic E-state index is 12.1. The molecule has 1 fully saturated rings. The molecule has 0 saturated carbocycles. The van der Waals surface area contributed by atoms with Crippen LogP contribution >= 0.6 is 11.8 Å². The molecular weight excluding hydrogens is 316 g/mol. The average Bonchev–Trinajstić information content (AvgIpc) is 3.01. The van der Waals surface area contributed by atoms with E-state index in [1.807, 2.05) is 35.8 Å². The van der Waals surface area contributed by atoms with Gasteiger partial charge in [0.1, 0.15) is 12.4 Å². The van der Waals surface area contributed by atoms with Crippen LogP contribution in [0.4, 0.5) is 4.79 Å². The molecule has 1 aromatic carbocycles. The fourth-order valence-electron chi connectivity index (χ4n) is 2.50. The summed E-state index contributed by atoms with van der Waals surface area (Å²) < 4.78 is 1.84. The number of imide groups is 1. The Kier molecular flexibility index (Phi) is 4.33. The number of aryl methyl sites for hydroxylation is 1. The molecule has 1 saturated heterocycles. The van der Waals surface area contributed by atoms with Crippen molar-refractivity contribution in [2.24, 2.45) is 0 Å². The SMILES string of the molecule is Cc1nc2ccccc2n1CC(=O)NCCN1C(=O)CSC1=O. The van der Waals surface area contributed by atoms with E-state index in [4.69, 9.17) is 0 Å². The first-order valence-corrected chi connectivity index (χ1v) is 8.20. The molecule has 0 unspecified atom stereocenters. The number of nitrogens with zero attached hydrogens (tertiary/aromatic N) is 3. The highest BCUT2D eigenvalue weighted by atomic mass is 32.2. The lowest BCUT2D eigenvalue weighted by Crippen LogP contribution is -2.38. The lowest BCUT2D eigenvalue weighted by Gasteiger charge is -2.13. The zero-order valence-electron chi connectivity index (χ0n) is 12.6. The summed E-state index contributed by atoms with van der Waals surface area (Å²) in [5.74, 6) is 0.573. The van der Waals surface area contributed by atoms with Gasteiger partial charge in [-0.25, -0.2) is 4.98 Å². The van der Waals surface area contributed by atoms with Crippen LogP contribution in [-0.4, -0.2) is 50.3 Å². The molecule has 7 nitrogen and oxygen atoms in total. The molecule has 2 aromatic rings. The number of para-hydroxylation sites is 2. The van der Waals surface area contributed by atoms with Crippen molar-refractivity contribution in [3.63, 3.8) is 0 Å². The summed E-state index contributed by atoms with van der Waals surface area (Å²) in [7, 11) is 0. The summed E-state index contributed by atoms with van der Waals surface area (Å²) in [6, 6.07) is 7.63. The predicted octanol–water partition coefficient (Wildman–Crippen LogP) is 1.16. The van der Waals surface area contributed by atoms with Gasteiger partial charge in [-0.3, -0.25) is 19.3 Å². The van der Waals surface area contributed by atoms with E-state index in [0.717, 1.165) is 28.6 Å². The summed E-state index contributed by atoms with van der Waals surface area (Å²) in [6.07, 6.45) is 0. The van der Waals surface area contributed by atoms with Crippen LogP contribution in [0.25, 0.3) is 11.0 Å². The number of carbonyl (C=O) groups excluding carboxylic acids is 3. The fourth-order valence-corrected chi connectivity index (χ4v) is 3.25. The Hall–Kier alpha value is -2.35. The minimum atomic E-state index is -0.249. The molecule has 0 radical (unpaired) electrons. The summed E-state index contributed by atoms with van der Waals surface area (Å²) in [5, 5.41) is 2.49. The lowest BCUT2D eigenvalue weighted by atomic mass is 10.3. The summed E-state index contributed by atoms with van der Waals surface area (Å²) >= 11 is 0.992. The van der Waals surface area contributed by atoms with Crippen LogP contribution in [0.2, 0.25) is 0 Å². The van der Waals surface area contributed by atoms with Gasteiger partial charge in [0, 0.05) is 13.1 Å². The molecule has 2 heterocycles. The van der Waals surface area contributed by atoms with Gasteiger partial charge in [0.05, 0.1) is 16.8 Å². The highest BCUT2D eigenvalue weighted by Crippen LogP contribution is 2.18. The van der Waals surface area contributed by atoms with Gasteiger partial charge in [0.15, 0.2) is 0 Å². The number of nitrogens with one attached hydrogen (secondary N) is 1. The minimum Gasteiger partial charge on any atom is -0.353 e. The smallest absolute Gasteiger partial charge is 0.288 e. The number of imidazole rings is 1. The van der Waals surface area contributed by atoms with Crippen molar-refractivity contribution in [2.45, 2.75) is 13.5 Å². The van der Waals surface area contributed by atoms with Crippen LogP contribution in [0.5, 0.6) is 0 Å². The number of hydrogen-bond acceptors (Lipinski definition) is 5. The Balaban J connectivity index is 1.58. The van der Waals surface area contributed by atoms with Gasteiger partial charge in [0.2, 0.25) is 11.8 Å². The number of thioether (sulfide) groups is 1. The second kappa shape index (κ2) is 6.41. The topological polar surface area (TPSA) is 84.3 Å². The molecule has 1 aromatic heterocycles. The van der Waals surface area contributed by atoms with Crippen molar-refractivity contribution in [3.8, 4) is 0 Å². The van der Waals surface area contributed by atoms with E-state index in [9.17, 15) is 14.4 Å². The number of rotatable bonds is 5. The molecule has 0 spiro atoms. The predicted molar refractivity (Wildman–Crippen MR) is 87.0 cm³/mol. The molecule has 0 atom stereocenters. The van der Waals surface area contributed by atoms with Crippen molar-refractivity contribution in [1.29, 1.82) is 0 Å². The van der Waals surface area contributed by atoms with E-state index in [2.05, 4.69) is 10.3 Å². The third kappa shape index (κ3) is 3.21. The van der Waals surface area contributed by atoms with Crippen LogP contribution in [0.1, 0.15) is 5.82 Å². The van der Waals surface area contributed by atoms with Gasteiger partial charge in [-0.05, 0) is 19.1 Å². The van der Waals surface area contributed by atoms with E-state index < -0.39 is 0 Å². The Morgan fingerprint density at radius 3 is 2.87 bits per heavy atom.